The van der Waals surface area contributed by atoms with Crippen molar-refractivity contribution >= 4 is 28.3 Å². The fourth-order valence-corrected chi connectivity index (χ4v) is 5.60. The number of halogens is 2. The summed E-state index contributed by atoms with van der Waals surface area (Å²) in [5, 5.41) is 10.0. The third-order valence-corrected chi connectivity index (χ3v) is 7.87. The lowest BCUT2D eigenvalue weighted by Gasteiger charge is -2.22. The van der Waals surface area contributed by atoms with Gasteiger partial charge in [-0.2, -0.15) is 10.6 Å². The number of amides is 1. The van der Waals surface area contributed by atoms with Crippen LogP contribution < -0.4 is 0 Å². The van der Waals surface area contributed by atoms with Gasteiger partial charge in [0, 0.05) is 9.49 Å². The number of hydrogen-bond acceptors (Lipinski definition) is 5. The standard InChI is InChI=1S/C21H28F2NO3S2/c1-11(2)14-7-13(22)8-15(12(3)4)16(14)9-19(25)24-29(27)20-17(23)10-18(28-20)21(5,6)26/h7-8,10-12,17,20,26H,9H2,1-6H3/q-1. The van der Waals surface area contributed by atoms with E-state index < -0.39 is 32.9 Å². The summed E-state index contributed by atoms with van der Waals surface area (Å²) in [7, 11) is -2.10. The second-order valence-corrected chi connectivity index (χ2v) is 11.1. The van der Waals surface area contributed by atoms with E-state index in [1.54, 1.807) is 0 Å². The Morgan fingerprint density at radius 3 is 2.17 bits per heavy atom. The fourth-order valence-electron chi connectivity index (χ4n) is 3.20. The molecule has 1 aromatic rings. The summed E-state index contributed by atoms with van der Waals surface area (Å²) in [5.41, 5.74) is 0.873. The van der Waals surface area contributed by atoms with Crippen molar-refractivity contribution in [3.8, 4) is 0 Å². The Morgan fingerprint density at radius 2 is 1.76 bits per heavy atom. The molecule has 0 fully saturated rings. The molecule has 8 heteroatoms. The highest BCUT2D eigenvalue weighted by atomic mass is 32.2. The zero-order valence-electron chi connectivity index (χ0n) is 17.5. The van der Waals surface area contributed by atoms with Crippen LogP contribution in [-0.2, 0) is 26.0 Å². The molecule has 0 saturated carbocycles. The van der Waals surface area contributed by atoms with Gasteiger partial charge in [-0.3, -0.25) is 4.79 Å². The van der Waals surface area contributed by atoms with Gasteiger partial charge in [-0.25, -0.2) is 8.78 Å². The summed E-state index contributed by atoms with van der Waals surface area (Å²) in [4.78, 5) is 12.9. The van der Waals surface area contributed by atoms with E-state index >= 15 is 0 Å². The monoisotopic (exact) mass is 444 g/mol. The third-order valence-electron chi connectivity index (χ3n) is 4.66. The van der Waals surface area contributed by atoms with Crippen LogP contribution in [0.1, 0.15) is 70.1 Å². The Morgan fingerprint density at radius 1 is 1.24 bits per heavy atom. The van der Waals surface area contributed by atoms with Crippen molar-refractivity contribution in [3.63, 3.8) is 0 Å². The Kier molecular flexibility index (Phi) is 7.68. The lowest BCUT2D eigenvalue weighted by molar-refractivity contribution is -0.117. The summed E-state index contributed by atoms with van der Waals surface area (Å²) in [6.45, 7) is 10.7. The minimum absolute atomic E-state index is 0.00403. The number of hydrogen-bond donors (Lipinski definition) is 1. The predicted molar refractivity (Wildman–Crippen MR) is 114 cm³/mol. The van der Waals surface area contributed by atoms with E-state index in [0.717, 1.165) is 11.8 Å². The van der Waals surface area contributed by atoms with Crippen LogP contribution in [0.15, 0.2) is 27.5 Å². The Hall–Kier alpha value is -1.25. The molecule has 2 unspecified atom stereocenters. The second kappa shape index (κ2) is 9.27. The normalized spacial score (nSPS) is 21.1. The summed E-state index contributed by atoms with van der Waals surface area (Å²) in [6, 6.07) is 2.83. The molecule has 0 radical (unpaired) electrons. The van der Waals surface area contributed by atoms with Gasteiger partial charge >= 0.3 is 0 Å². The van der Waals surface area contributed by atoms with Gasteiger partial charge in [-0.05, 0) is 60.6 Å². The summed E-state index contributed by atoms with van der Waals surface area (Å²) < 4.78 is 43.4. The number of rotatable bonds is 6. The van der Waals surface area contributed by atoms with Gasteiger partial charge in [0.15, 0.2) is 0 Å². The van der Waals surface area contributed by atoms with Crippen LogP contribution in [0.2, 0.25) is 0 Å². The number of alkyl halides is 1. The second-order valence-electron chi connectivity index (χ2n) is 8.33. The SMILES string of the molecule is CC(C)c1cc(F)cc(C(C)C)c1CC(=O)N=[S-](=O)C1SC(C(C)(C)O)=CC1F. The lowest BCUT2D eigenvalue weighted by atomic mass is 9.87. The molecule has 29 heavy (non-hydrogen) atoms. The smallest absolute Gasteiger partial charge is 0.227 e. The summed E-state index contributed by atoms with van der Waals surface area (Å²) in [6.07, 6.45) is -0.462. The highest BCUT2D eigenvalue weighted by Gasteiger charge is 2.32. The molecule has 162 valence electrons. The number of carbonyl (C=O) groups excluding carboxylic acids is 1. The van der Waals surface area contributed by atoms with Crippen LogP contribution in [0.25, 0.3) is 0 Å². The van der Waals surface area contributed by atoms with Crippen molar-refractivity contribution in [2.75, 3.05) is 0 Å². The number of nitrogens with zero attached hydrogens (tertiary/aromatic N) is 1. The highest BCUT2D eigenvalue weighted by molar-refractivity contribution is 8.12. The maximum absolute atomic E-state index is 14.3. The molecule has 1 aliphatic heterocycles. The fraction of sp³-hybridized carbons (Fsp3) is 0.571. The predicted octanol–water partition coefficient (Wildman–Crippen LogP) is 5.35. The molecule has 1 aliphatic rings. The molecule has 1 amide bonds. The molecule has 0 saturated heterocycles. The lowest BCUT2D eigenvalue weighted by Crippen LogP contribution is -2.19. The topological polar surface area (TPSA) is 66.7 Å². The van der Waals surface area contributed by atoms with E-state index in [2.05, 4.69) is 4.36 Å². The minimum atomic E-state index is -2.10. The molecule has 0 bridgehead atoms. The van der Waals surface area contributed by atoms with Crippen molar-refractivity contribution in [2.24, 2.45) is 4.36 Å². The first-order valence-corrected chi connectivity index (χ1v) is 11.6. The van der Waals surface area contributed by atoms with Gasteiger partial charge in [-0.15, -0.1) is 11.8 Å². The number of allylic oxidation sites excluding steroid dienone is 1. The van der Waals surface area contributed by atoms with E-state index in [1.165, 1.54) is 32.1 Å². The van der Waals surface area contributed by atoms with E-state index in [0.29, 0.717) is 21.6 Å². The van der Waals surface area contributed by atoms with Crippen molar-refractivity contribution < 1.29 is 22.9 Å². The number of thioether (sulfide) groups is 1. The van der Waals surface area contributed by atoms with Crippen LogP contribution in [0.4, 0.5) is 8.78 Å². The molecule has 1 aromatic carbocycles. The quantitative estimate of drug-likeness (QED) is 0.600. The van der Waals surface area contributed by atoms with Crippen LogP contribution in [0.5, 0.6) is 0 Å². The number of carbonyl (C=O) groups is 1. The zero-order chi connectivity index (χ0) is 22.1. The van der Waals surface area contributed by atoms with E-state index in [4.69, 9.17) is 0 Å². The van der Waals surface area contributed by atoms with Crippen molar-refractivity contribution in [1.29, 1.82) is 0 Å². The maximum Gasteiger partial charge on any atom is 0.227 e. The molecular weight excluding hydrogens is 416 g/mol. The first-order chi connectivity index (χ1) is 13.3. The first kappa shape index (κ1) is 24.0. The third kappa shape index (κ3) is 5.89. The molecule has 0 aromatic heterocycles. The average molecular weight is 445 g/mol. The van der Waals surface area contributed by atoms with Crippen LogP contribution in [-0.4, -0.2) is 27.4 Å². The largest absolute Gasteiger partial charge is 0.443 e. The van der Waals surface area contributed by atoms with Crippen LogP contribution in [0.3, 0.4) is 0 Å². The molecule has 0 spiro atoms. The van der Waals surface area contributed by atoms with E-state index in [-0.39, 0.29) is 24.1 Å². The average Bonchev–Trinajstić information content (AvgIpc) is 2.97. The Bertz CT molecular complexity index is 869. The van der Waals surface area contributed by atoms with Gasteiger partial charge in [0.1, 0.15) is 12.0 Å². The number of aliphatic hydroxyl groups is 1. The van der Waals surface area contributed by atoms with Crippen LogP contribution >= 0.6 is 11.8 Å². The van der Waals surface area contributed by atoms with Crippen molar-refractivity contribution in [1.82, 2.24) is 0 Å². The Labute approximate surface area is 177 Å². The summed E-state index contributed by atoms with van der Waals surface area (Å²) >= 11 is 0.941. The minimum Gasteiger partial charge on any atom is -0.443 e. The Balaban J connectivity index is 2.29. The molecular formula is C21H28F2NO3S2-. The summed E-state index contributed by atoms with van der Waals surface area (Å²) in [5.74, 6) is -1.00. The van der Waals surface area contributed by atoms with E-state index in [9.17, 15) is 22.9 Å². The van der Waals surface area contributed by atoms with Crippen molar-refractivity contribution in [3.05, 3.63) is 45.6 Å². The molecule has 1 heterocycles. The van der Waals surface area contributed by atoms with Gasteiger partial charge in [0.25, 0.3) is 0 Å². The zero-order valence-corrected chi connectivity index (χ0v) is 19.2. The van der Waals surface area contributed by atoms with Gasteiger partial charge < -0.3 is 13.7 Å². The molecule has 1 N–H and O–H groups in total. The van der Waals surface area contributed by atoms with Crippen molar-refractivity contribution in [2.45, 2.75) is 76.2 Å². The molecule has 0 aliphatic carbocycles. The van der Waals surface area contributed by atoms with Gasteiger partial charge in [-0.1, -0.05) is 27.7 Å². The molecule has 2 rings (SSSR count). The highest BCUT2D eigenvalue weighted by Crippen LogP contribution is 2.41. The molecule has 4 nitrogen and oxygen atoms in total. The van der Waals surface area contributed by atoms with E-state index in [1.807, 2.05) is 27.7 Å². The van der Waals surface area contributed by atoms with Gasteiger partial charge in [0.05, 0.1) is 12.0 Å². The first-order valence-electron chi connectivity index (χ1n) is 9.54. The van der Waals surface area contributed by atoms with Crippen LogP contribution in [0, 0.1) is 5.82 Å². The van der Waals surface area contributed by atoms with Gasteiger partial charge in [0.2, 0.25) is 5.91 Å². The molecule has 2 atom stereocenters. The number of benzene rings is 1. The maximum atomic E-state index is 14.3.